The van der Waals surface area contributed by atoms with Crippen LogP contribution in [0.3, 0.4) is 0 Å². The van der Waals surface area contributed by atoms with Gasteiger partial charge in [0.2, 0.25) is 0 Å². The van der Waals surface area contributed by atoms with Gasteiger partial charge in [-0.15, -0.1) is 11.8 Å². The third kappa shape index (κ3) is 4.05. The number of nitrogens with zero attached hydrogens (tertiary/aromatic N) is 1. The molecule has 1 heterocycles. The summed E-state index contributed by atoms with van der Waals surface area (Å²) < 4.78 is 61.8. The van der Waals surface area contributed by atoms with Gasteiger partial charge in [-0.1, -0.05) is 13.8 Å². The van der Waals surface area contributed by atoms with E-state index in [0.717, 1.165) is 6.20 Å². The predicted octanol–water partition coefficient (Wildman–Crippen LogP) is 2.81. The largest absolute Gasteiger partial charge is 0.534 e. The first kappa shape index (κ1) is 15.1. The van der Waals surface area contributed by atoms with Crippen molar-refractivity contribution in [1.82, 2.24) is 4.98 Å². The third-order valence-corrected chi connectivity index (χ3v) is 3.49. The number of hydrogen-bond donors (Lipinski definition) is 0. The first-order valence-corrected chi connectivity index (χ1v) is 7.03. The van der Waals surface area contributed by atoms with Crippen molar-refractivity contribution in [2.45, 2.75) is 29.5 Å². The standard InChI is InChI=1S/C9H10F3NO3S2/c1-6(2)17-8-3-7(4-13-5-8)16-18(14,15)9(10,11)12/h3-6H,1-2H3. The van der Waals surface area contributed by atoms with Crippen LogP contribution in [0.15, 0.2) is 23.4 Å². The van der Waals surface area contributed by atoms with E-state index in [1.807, 2.05) is 13.8 Å². The Morgan fingerprint density at radius 1 is 1.33 bits per heavy atom. The highest BCUT2D eigenvalue weighted by molar-refractivity contribution is 7.99. The summed E-state index contributed by atoms with van der Waals surface area (Å²) in [5.41, 5.74) is -5.45. The zero-order valence-corrected chi connectivity index (χ0v) is 11.1. The topological polar surface area (TPSA) is 56.3 Å². The highest BCUT2D eigenvalue weighted by Crippen LogP contribution is 2.29. The first-order valence-electron chi connectivity index (χ1n) is 4.74. The SMILES string of the molecule is CC(C)Sc1cncc(OS(=O)(=O)C(F)(F)F)c1. The Morgan fingerprint density at radius 2 is 1.94 bits per heavy atom. The summed E-state index contributed by atoms with van der Waals surface area (Å²) in [6.45, 7) is 3.76. The Bertz CT molecular complexity index is 514. The van der Waals surface area contributed by atoms with Gasteiger partial charge in [-0.3, -0.25) is 4.98 Å². The Morgan fingerprint density at radius 3 is 2.44 bits per heavy atom. The molecule has 1 rings (SSSR count). The normalized spacial score (nSPS) is 12.8. The lowest BCUT2D eigenvalue weighted by Gasteiger charge is -2.10. The van der Waals surface area contributed by atoms with Crippen LogP contribution in [0.2, 0.25) is 0 Å². The summed E-state index contributed by atoms with van der Waals surface area (Å²) in [6.07, 6.45) is 2.32. The molecule has 0 bridgehead atoms. The van der Waals surface area contributed by atoms with Crippen molar-refractivity contribution < 1.29 is 25.8 Å². The molecule has 0 atom stereocenters. The summed E-state index contributed by atoms with van der Waals surface area (Å²) in [6, 6.07) is 1.20. The Balaban J connectivity index is 2.93. The molecule has 0 fully saturated rings. The van der Waals surface area contributed by atoms with Gasteiger partial charge in [0.25, 0.3) is 0 Å². The number of pyridine rings is 1. The van der Waals surface area contributed by atoms with Crippen LogP contribution in [0.5, 0.6) is 5.75 Å². The van der Waals surface area contributed by atoms with Crippen molar-refractivity contribution >= 4 is 21.9 Å². The summed E-state index contributed by atoms with van der Waals surface area (Å²) in [4.78, 5) is 4.15. The highest BCUT2D eigenvalue weighted by Gasteiger charge is 2.48. The minimum Gasteiger partial charge on any atom is -0.374 e. The summed E-state index contributed by atoms with van der Waals surface area (Å²) >= 11 is 1.33. The van der Waals surface area contributed by atoms with E-state index in [1.54, 1.807) is 0 Å². The molecular formula is C9H10F3NO3S2. The average Bonchev–Trinajstić information content (AvgIpc) is 2.14. The lowest BCUT2D eigenvalue weighted by Crippen LogP contribution is -2.28. The number of rotatable bonds is 4. The van der Waals surface area contributed by atoms with Crippen molar-refractivity contribution in [2.75, 3.05) is 0 Å². The van der Waals surface area contributed by atoms with E-state index < -0.39 is 21.4 Å². The van der Waals surface area contributed by atoms with Gasteiger partial charge in [-0.25, -0.2) is 0 Å². The van der Waals surface area contributed by atoms with Gasteiger partial charge in [0.1, 0.15) is 0 Å². The van der Waals surface area contributed by atoms with Crippen molar-refractivity contribution in [3.63, 3.8) is 0 Å². The van der Waals surface area contributed by atoms with Crippen LogP contribution >= 0.6 is 11.8 Å². The molecule has 4 nitrogen and oxygen atoms in total. The maximum absolute atomic E-state index is 12.1. The van der Waals surface area contributed by atoms with Gasteiger partial charge in [0.15, 0.2) is 5.75 Å². The molecule has 0 spiro atoms. The van der Waals surface area contributed by atoms with Crippen LogP contribution in [0.4, 0.5) is 13.2 Å². The molecule has 0 aliphatic heterocycles. The van der Waals surface area contributed by atoms with Crippen molar-refractivity contribution in [1.29, 1.82) is 0 Å². The zero-order chi connectivity index (χ0) is 14.0. The number of hydrogen-bond acceptors (Lipinski definition) is 5. The molecule has 0 aliphatic carbocycles. The van der Waals surface area contributed by atoms with E-state index in [4.69, 9.17) is 0 Å². The zero-order valence-electron chi connectivity index (χ0n) is 9.43. The second kappa shape index (κ2) is 5.35. The number of thioether (sulfide) groups is 1. The molecule has 9 heteroatoms. The molecule has 0 saturated carbocycles. The molecule has 1 aromatic heterocycles. The molecule has 0 aromatic carbocycles. The minimum absolute atomic E-state index is 0.182. The third-order valence-electron chi connectivity index (χ3n) is 1.55. The van der Waals surface area contributed by atoms with E-state index >= 15 is 0 Å². The van der Waals surface area contributed by atoms with Crippen LogP contribution in [0.25, 0.3) is 0 Å². The van der Waals surface area contributed by atoms with Crippen LogP contribution in [-0.2, 0) is 10.1 Å². The van der Waals surface area contributed by atoms with E-state index in [0.29, 0.717) is 4.90 Å². The van der Waals surface area contributed by atoms with E-state index in [-0.39, 0.29) is 5.25 Å². The lowest BCUT2D eigenvalue weighted by atomic mass is 10.5. The molecule has 1 aromatic rings. The van der Waals surface area contributed by atoms with Crippen LogP contribution in [0, 0.1) is 0 Å². The van der Waals surface area contributed by atoms with Crippen LogP contribution in [-0.4, -0.2) is 24.2 Å². The fraction of sp³-hybridized carbons (Fsp3) is 0.444. The van der Waals surface area contributed by atoms with Gasteiger partial charge in [0.05, 0.1) is 6.20 Å². The number of aromatic nitrogens is 1. The Kier molecular flexibility index (Phi) is 4.49. The van der Waals surface area contributed by atoms with E-state index in [2.05, 4.69) is 9.17 Å². The van der Waals surface area contributed by atoms with E-state index in [1.165, 1.54) is 24.0 Å². The van der Waals surface area contributed by atoms with Crippen molar-refractivity contribution in [3.05, 3.63) is 18.5 Å². The molecule has 0 radical (unpaired) electrons. The lowest BCUT2D eigenvalue weighted by molar-refractivity contribution is -0.0500. The summed E-state index contributed by atoms with van der Waals surface area (Å²) in [5, 5.41) is 0.182. The smallest absolute Gasteiger partial charge is 0.374 e. The first-order chi connectivity index (χ1) is 8.12. The van der Waals surface area contributed by atoms with Crippen molar-refractivity contribution in [3.8, 4) is 5.75 Å². The highest BCUT2D eigenvalue weighted by atomic mass is 32.2. The number of halogens is 3. The number of alkyl halides is 3. The maximum atomic E-state index is 12.1. The summed E-state index contributed by atoms with van der Waals surface area (Å²) in [5.74, 6) is -0.460. The second-order valence-corrected chi connectivity index (χ2v) is 6.69. The molecule has 0 N–H and O–H groups in total. The fourth-order valence-corrected chi connectivity index (χ4v) is 2.24. The van der Waals surface area contributed by atoms with Gasteiger partial charge in [0, 0.05) is 16.3 Å². The average molecular weight is 301 g/mol. The van der Waals surface area contributed by atoms with Crippen molar-refractivity contribution in [2.24, 2.45) is 0 Å². The van der Waals surface area contributed by atoms with Gasteiger partial charge < -0.3 is 4.18 Å². The predicted molar refractivity (Wildman–Crippen MR) is 60.8 cm³/mol. The Labute approximate surface area is 107 Å². The fourth-order valence-electron chi connectivity index (χ4n) is 0.955. The molecular weight excluding hydrogens is 291 g/mol. The van der Waals surface area contributed by atoms with Gasteiger partial charge in [-0.2, -0.15) is 21.6 Å². The van der Waals surface area contributed by atoms with Crippen LogP contribution in [0.1, 0.15) is 13.8 Å². The maximum Gasteiger partial charge on any atom is 0.534 e. The van der Waals surface area contributed by atoms with E-state index in [9.17, 15) is 21.6 Å². The Hall–Kier alpha value is -0.960. The minimum atomic E-state index is -5.65. The molecule has 0 unspecified atom stereocenters. The summed E-state index contributed by atoms with van der Waals surface area (Å²) in [7, 11) is -5.65. The quantitative estimate of drug-likeness (QED) is 0.486. The second-order valence-electron chi connectivity index (χ2n) is 3.51. The van der Waals surface area contributed by atoms with Crippen LogP contribution < -0.4 is 4.18 Å². The molecule has 102 valence electrons. The molecule has 0 amide bonds. The molecule has 0 saturated heterocycles. The van der Waals surface area contributed by atoms with Gasteiger partial charge >= 0.3 is 15.6 Å². The molecule has 18 heavy (non-hydrogen) atoms. The van der Waals surface area contributed by atoms with Gasteiger partial charge in [-0.05, 0) is 6.07 Å². The molecule has 0 aliphatic rings. The monoisotopic (exact) mass is 301 g/mol.